The number of ketones is 1. The lowest BCUT2D eigenvalue weighted by atomic mass is 10.0. The second-order valence-corrected chi connectivity index (χ2v) is 4.28. The SMILES string of the molecule is CC(C)C(=O)c1ccc(Cl)cc1OCC(=O)O. The van der Waals surface area contributed by atoms with Crippen LogP contribution in [0, 0.1) is 5.92 Å². The van der Waals surface area contributed by atoms with Crippen LogP contribution < -0.4 is 4.74 Å². The molecule has 1 aromatic rings. The standard InChI is InChI=1S/C12H13ClO4/c1-7(2)12(16)9-4-3-8(13)5-10(9)17-6-11(14)15/h3-5,7H,6H2,1-2H3,(H,14,15). The van der Waals surface area contributed by atoms with Crippen molar-refractivity contribution >= 4 is 23.4 Å². The lowest BCUT2D eigenvalue weighted by molar-refractivity contribution is -0.139. The Morgan fingerprint density at radius 3 is 2.59 bits per heavy atom. The molecule has 0 aliphatic rings. The molecule has 0 saturated carbocycles. The summed E-state index contributed by atoms with van der Waals surface area (Å²) >= 11 is 5.78. The van der Waals surface area contributed by atoms with Gasteiger partial charge >= 0.3 is 5.97 Å². The van der Waals surface area contributed by atoms with Crippen molar-refractivity contribution in [1.82, 2.24) is 0 Å². The topological polar surface area (TPSA) is 63.6 Å². The van der Waals surface area contributed by atoms with E-state index in [1.807, 2.05) is 0 Å². The fraction of sp³-hybridized carbons (Fsp3) is 0.333. The first-order chi connectivity index (χ1) is 7.91. The summed E-state index contributed by atoms with van der Waals surface area (Å²) in [5.41, 5.74) is 0.352. The van der Waals surface area contributed by atoms with Crippen LogP contribution in [0.2, 0.25) is 5.02 Å². The highest BCUT2D eigenvalue weighted by Crippen LogP contribution is 2.25. The summed E-state index contributed by atoms with van der Waals surface area (Å²) in [4.78, 5) is 22.3. The molecule has 1 aromatic carbocycles. The second-order valence-electron chi connectivity index (χ2n) is 3.84. The number of halogens is 1. The molecule has 1 rings (SSSR count). The van der Waals surface area contributed by atoms with Gasteiger partial charge in [0.2, 0.25) is 0 Å². The van der Waals surface area contributed by atoms with Crippen LogP contribution in [0.3, 0.4) is 0 Å². The monoisotopic (exact) mass is 256 g/mol. The first kappa shape index (κ1) is 13.5. The van der Waals surface area contributed by atoms with E-state index in [0.29, 0.717) is 10.6 Å². The first-order valence-corrected chi connectivity index (χ1v) is 5.48. The molecule has 0 spiro atoms. The summed E-state index contributed by atoms with van der Waals surface area (Å²) in [6.07, 6.45) is 0. The molecular weight excluding hydrogens is 244 g/mol. The number of benzene rings is 1. The number of rotatable bonds is 5. The van der Waals surface area contributed by atoms with Gasteiger partial charge in [0.15, 0.2) is 12.4 Å². The Labute approximate surface area is 104 Å². The van der Waals surface area contributed by atoms with Crippen LogP contribution in [0.4, 0.5) is 0 Å². The maximum Gasteiger partial charge on any atom is 0.341 e. The normalized spacial score (nSPS) is 10.4. The predicted molar refractivity (Wildman–Crippen MR) is 63.8 cm³/mol. The van der Waals surface area contributed by atoms with Gasteiger partial charge in [0, 0.05) is 10.9 Å². The van der Waals surface area contributed by atoms with Gasteiger partial charge in [-0.15, -0.1) is 0 Å². The van der Waals surface area contributed by atoms with Crippen molar-refractivity contribution in [2.24, 2.45) is 5.92 Å². The number of carboxylic acids is 1. The third-order valence-electron chi connectivity index (χ3n) is 2.08. The molecule has 0 unspecified atom stereocenters. The van der Waals surface area contributed by atoms with Crippen LogP contribution in [-0.2, 0) is 4.79 Å². The highest BCUT2D eigenvalue weighted by atomic mass is 35.5. The Bertz CT molecular complexity index is 440. The zero-order chi connectivity index (χ0) is 13.0. The molecular formula is C12H13ClO4. The van der Waals surface area contributed by atoms with E-state index in [2.05, 4.69) is 0 Å². The molecule has 0 aliphatic heterocycles. The van der Waals surface area contributed by atoms with Crippen LogP contribution in [0.1, 0.15) is 24.2 Å². The van der Waals surface area contributed by atoms with Crippen LogP contribution in [0.15, 0.2) is 18.2 Å². The van der Waals surface area contributed by atoms with Crippen LogP contribution in [0.25, 0.3) is 0 Å². The Morgan fingerprint density at radius 1 is 1.41 bits per heavy atom. The van der Waals surface area contributed by atoms with Crippen LogP contribution >= 0.6 is 11.6 Å². The van der Waals surface area contributed by atoms with Crippen molar-refractivity contribution in [3.05, 3.63) is 28.8 Å². The number of ether oxygens (including phenoxy) is 1. The lowest BCUT2D eigenvalue weighted by Crippen LogP contribution is -2.14. The molecule has 0 amide bonds. The van der Waals surface area contributed by atoms with E-state index in [1.165, 1.54) is 6.07 Å². The Hall–Kier alpha value is -1.55. The average molecular weight is 257 g/mol. The molecule has 5 heteroatoms. The third kappa shape index (κ3) is 3.75. The maximum absolute atomic E-state index is 11.9. The van der Waals surface area contributed by atoms with Gasteiger partial charge in [0.05, 0.1) is 5.56 Å². The number of hydrogen-bond donors (Lipinski definition) is 1. The molecule has 1 N–H and O–H groups in total. The summed E-state index contributed by atoms with van der Waals surface area (Å²) in [5.74, 6) is -1.20. The van der Waals surface area contributed by atoms with Crippen LogP contribution in [-0.4, -0.2) is 23.5 Å². The highest BCUT2D eigenvalue weighted by Gasteiger charge is 2.16. The zero-order valence-corrected chi connectivity index (χ0v) is 10.3. The summed E-state index contributed by atoms with van der Waals surface area (Å²) in [7, 11) is 0. The maximum atomic E-state index is 11.9. The van der Waals surface area contributed by atoms with E-state index >= 15 is 0 Å². The molecule has 17 heavy (non-hydrogen) atoms. The minimum absolute atomic E-state index is 0.109. The molecule has 0 bridgehead atoms. The average Bonchev–Trinajstić information content (AvgIpc) is 2.25. The number of carbonyl (C=O) groups is 2. The largest absolute Gasteiger partial charge is 0.481 e. The Kier molecular flexibility index (Phi) is 4.52. The third-order valence-corrected chi connectivity index (χ3v) is 2.32. The molecule has 0 fully saturated rings. The van der Waals surface area contributed by atoms with Gasteiger partial charge < -0.3 is 9.84 Å². The van der Waals surface area contributed by atoms with Gasteiger partial charge in [-0.2, -0.15) is 0 Å². The van der Waals surface area contributed by atoms with Crippen molar-refractivity contribution < 1.29 is 19.4 Å². The summed E-state index contributed by atoms with van der Waals surface area (Å²) in [6.45, 7) is 3.02. The van der Waals surface area contributed by atoms with E-state index in [9.17, 15) is 9.59 Å². The summed E-state index contributed by atoms with van der Waals surface area (Å²) in [6, 6.07) is 4.56. The molecule has 0 saturated heterocycles. The number of carbonyl (C=O) groups excluding carboxylic acids is 1. The zero-order valence-electron chi connectivity index (χ0n) is 9.57. The molecule has 92 valence electrons. The first-order valence-electron chi connectivity index (χ1n) is 5.10. The van der Waals surface area contributed by atoms with Gasteiger partial charge in [-0.25, -0.2) is 4.79 Å². The summed E-state index contributed by atoms with van der Waals surface area (Å²) in [5, 5.41) is 8.93. The predicted octanol–water partition coefficient (Wildman–Crippen LogP) is 2.64. The molecule has 4 nitrogen and oxygen atoms in total. The number of Topliss-reactive ketones (excluding diaryl/α,β-unsaturated/α-hetero) is 1. The smallest absolute Gasteiger partial charge is 0.341 e. The minimum Gasteiger partial charge on any atom is -0.481 e. The van der Waals surface area contributed by atoms with E-state index in [4.69, 9.17) is 21.4 Å². The Balaban J connectivity index is 3.03. The van der Waals surface area contributed by atoms with Gasteiger partial charge in [-0.1, -0.05) is 25.4 Å². The van der Waals surface area contributed by atoms with Crippen molar-refractivity contribution in [2.75, 3.05) is 6.61 Å². The molecule has 0 atom stereocenters. The van der Waals surface area contributed by atoms with Crippen molar-refractivity contribution in [3.8, 4) is 5.75 Å². The fourth-order valence-corrected chi connectivity index (χ4v) is 1.43. The minimum atomic E-state index is -1.10. The van der Waals surface area contributed by atoms with E-state index in [1.54, 1.807) is 26.0 Å². The van der Waals surface area contributed by atoms with Crippen molar-refractivity contribution in [2.45, 2.75) is 13.8 Å². The van der Waals surface area contributed by atoms with E-state index < -0.39 is 12.6 Å². The van der Waals surface area contributed by atoms with E-state index in [0.717, 1.165) is 0 Å². The van der Waals surface area contributed by atoms with Gasteiger partial charge in [-0.3, -0.25) is 4.79 Å². The molecule has 0 aliphatic carbocycles. The summed E-state index contributed by atoms with van der Waals surface area (Å²) < 4.78 is 5.05. The number of aliphatic carboxylic acids is 1. The number of hydrogen-bond acceptors (Lipinski definition) is 3. The second kappa shape index (κ2) is 5.68. The van der Waals surface area contributed by atoms with Crippen LogP contribution in [0.5, 0.6) is 5.75 Å². The highest BCUT2D eigenvalue weighted by molar-refractivity contribution is 6.30. The molecule has 0 heterocycles. The van der Waals surface area contributed by atoms with E-state index in [-0.39, 0.29) is 17.5 Å². The molecule has 0 aromatic heterocycles. The quantitative estimate of drug-likeness (QED) is 0.823. The lowest BCUT2D eigenvalue weighted by Gasteiger charge is -2.11. The van der Waals surface area contributed by atoms with Crippen molar-refractivity contribution in [3.63, 3.8) is 0 Å². The number of carboxylic acid groups (broad SMARTS) is 1. The van der Waals surface area contributed by atoms with Gasteiger partial charge in [0.25, 0.3) is 0 Å². The molecule has 0 radical (unpaired) electrons. The van der Waals surface area contributed by atoms with Gasteiger partial charge in [-0.05, 0) is 18.2 Å². The fourth-order valence-electron chi connectivity index (χ4n) is 1.27. The van der Waals surface area contributed by atoms with Gasteiger partial charge in [0.1, 0.15) is 5.75 Å². The van der Waals surface area contributed by atoms with Crippen molar-refractivity contribution in [1.29, 1.82) is 0 Å². The Morgan fingerprint density at radius 2 is 2.06 bits per heavy atom.